The Balaban J connectivity index is 0.00000282. The highest BCUT2D eigenvalue weighted by atomic mass is 17.1. The van der Waals surface area contributed by atoms with E-state index in [4.69, 9.17) is 38.4 Å². The van der Waals surface area contributed by atoms with Crippen molar-refractivity contribution in [3.8, 4) is 0 Å². The average molecular weight is 894 g/mol. The smallest absolute Gasteiger partial charge is 0.456 e. The highest BCUT2D eigenvalue weighted by Crippen LogP contribution is 2.64. The van der Waals surface area contributed by atoms with E-state index >= 15 is 4.79 Å². The number of nitrogens with one attached hydrogen (secondary N) is 1. The molecule has 3 aliphatic carbocycles. The second-order valence-corrected chi connectivity index (χ2v) is 19.3. The molecular formula is C44H63NO18. The topological polar surface area (TPSA) is 269 Å². The predicted octanol–water partition coefficient (Wildman–Crippen LogP) is 3.83. The lowest BCUT2D eigenvalue weighted by Gasteiger charge is -2.67. The lowest BCUT2D eigenvalue weighted by molar-refractivity contribution is -0.344. The van der Waals surface area contributed by atoms with Gasteiger partial charge in [0.25, 0.3) is 0 Å². The summed E-state index contributed by atoms with van der Waals surface area (Å²) in [5, 5.41) is 46.9. The average Bonchev–Trinajstić information content (AvgIpc) is 3.17. The van der Waals surface area contributed by atoms with Crippen molar-refractivity contribution in [2.75, 3.05) is 20.8 Å². The fourth-order valence-electron chi connectivity index (χ4n) is 9.50. The van der Waals surface area contributed by atoms with Gasteiger partial charge in [0.1, 0.15) is 29.5 Å². The minimum absolute atomic E-state index is 0.0226. The van der Waals surface area contributed by atoms with Gasteiger partial charge in [-0.1, -0.05) is 52.8 Å². The van der Waals surface area contributed by atoms with Crippen LogP contribution in [0, 0.1) is 22.2 Å². The molecular weight excluding hydrogens is 830 g/mol. The molecule has 1 heterocycles. The second-order valence-electron chi connectivity index (χ2n) is 19.3. The number of ether oxygens (including phenoxy) is 7. The first-order valence-corrected chi connectivity index (χ1v) is 20.5. The molecule has 1 saturated heterocycles. The molecule has 5 rings (SSSR count). The third-order valence-corrected chi connectivity index (χ3v) is 12.7. The van der Waals surface area contributed by atoms with Crippen LogP contribution in [0.25, 0.3) is 0 Å². The summed E-state index contributed by atoms with van der Waals surface area (Å²) in [6.07, 6.45) is -12.8. The molecule has 1 aromatic carbocycles. The molecule has 4 aliphatic rings. The summed E-state index contributed by atoms with van der Waals surface area (Å²) in [6.45, 7) is 16.6. The van der Waals surface area contributed by atoms with Crippen LogP contribution in [-0.4, -0.2) is 137 Å². The summed E-state index contributed by atoms with van der Waals surface area (Å²) in [6, 6.07) is 6.50. The Hall–Kier alpha value is -4.66. The highest BCUT2D eigenvalue weighted by molar-refractivity contribution is 5.95. The van der Waals surface area contributed by atoms with Crippen molar-refractivity contribution in [3.63, 3.8) is 0 Å². The summed E-state index contributed by atoms with van der Waals surface area (Å²) >= 11 is 0. The van der Waals surface area contributed by atoms with E-state index in [9.17, 15) is 39.3 Å². The Morgan fingerprint density at radius 2 is 1.54 bits per heavy atom. The van der Waals surface area contributed by atoms with Crippen LogP contribution in [0.4, 0.5) is 9.59 Å². The van der Waals surface area contributed by atoms with Crippen LogP contribution in [-0.2, 0) is 52.4 Å². The van der Waals surface area contributed by atoms with E-state index in [1.807, 2.05) is 0 Å². The number of rotatable bonds is 8. The Morgan fingerprint density at radius 3 is 2.03 bits per heavy atom. The van der Waals surface area contributed by atoms with Gasteiger partial charge in [-0.15, -0.1) is 0 Å². The Bertz CT molecular complexity index is 1940. The van der Waals surface area contributed by atoms with Crippen LogP contribution >= 0.6 is 0 Å². The molecule has 0 spiro atoms. The number of methoxy groups -OCH3 is 1. The van der Waals surface area contributed by atoms with Crippen molar-refractivity contribution in [1.82, 2.24) is 5.32 Å². The number of benzene rings is 1. The maximum atomic E-state index is 15.4. The number of fused-ring (bicyclic) bond motifs is 5. The Morgan fingerprint density at radius 1 is 0.952 bits per heavy atom. The summed E-state index contributed by atoms with van der Waals surface area (Å²) in [5.74, 6) is -5.62. The second kappa shape index (κ2) is 18.4. The number of Topliss-reactive ketones (excluding diaryl/α,β-unsaturated/α-hetero) is 1. The van der Waals surface area contributed by atoms with Crippen molar-refractivity contribution in [3.05, 3.63) is 47.0 Å². The van der Waals surface area contributed by atoms with Gasteiger partial charge >= 0.3 is 30.2 Å². The van der Waals surface area contributed by atoms with E-state index < -0.39 is 124 Å². The SMILES string of the molecule is COC(=O)O[C@@]12CO[C@@H]1C[C@H](O)[C@@]1(C)C(=O)[C@H](OC(C)=O)C3=C(C)[C@@H](OC(=O)[C@@H](O)[C@H](NC(=O)OC(C)(C)C)C(C)(C)C)C[C@@](O)([C@@H](OC(=O)c4ccccc4)C12)C3(C)C.COO. The van der Waals surface area contributed by atoms with Crippen LogP contribution in [0.5, 0.6) is 0 Å². The molecule has 1 aromatic rings. The van der Waals surface area contributed by atoms with Gasteiger partial charge in [0.05, 0.1) is 49.9 Å². The zero-order valence-electron chi connectivity index (χ0n) is 38.1. The summed E-state index contributed by atoms with van der Waals surface area (Å²) in [5.41, 5.74) is -9.78. The molecule has 19 heteroatoms. The first-order chi connectivity index (χ1) is 29.0. The van der Waals surface area contributed by atoms with Gasteiger partial charge in [-0.3, -0.25) is 14.8 Å². The van der Waals surface area contributed by atoms with Crippen LogP contribution < -0.4 is 5.32 Å². The number of ketones is 1. The number of carbonyl (C=O) groups excluding carboxylic acids is 6. The number of alkyl carbamates (subject to hydrolysis) is 1. The summed E-state index contributed by atoms with van der Waals surface area (Å²) in [7, 11) is 2.25. The fraction of sp³-hybridized carbons (Fsp3) is 0.682. The summed E-state index contributed by atoms with van der Waals surface area (Å²) < 4.78 is 40.3. The van der Waals surface area contributed by atoms with Crippen molar-refractivity contribution in [2.45, 2.75) is 148 Å². The first-order valence-electron chi connectivity index (χ1n) is 20.5. The fourth-order valence-corrected chi connectivity index (χ4v) is 9.50. The van der Waals surface area contributed by atoms with Gasteiger partial charge in [0, 0.05) is 25.2 Å². The Kier molecular flexibility index (Phi) is 14.9. The van der Waals surface area contributed by atoms with Crippen molar-refractivity contribution in [2.24, 2.45) is 22.2 Å². The molecule has 2 bridgehead atoms. The number of carbonyl (C=O) groups is 6. The molecule has 1 amide bonds. The number of amides is 1. The number of hydrogen-bond acceptors (Lipinski definition) is 18. The molecule has 5 N–H and O–H groups in total. The van der Waals surface area contributed by atoms with Gasteiger partial charge in [-0.2, -0.15) is 0 Å². The molecule has 0 aromatic heterocycles. The number of aliphatic hydroxyl groups excluding tert-OH is 2. The zero-order valence-corrected chi connectivity index (χ0v) is 38.1. The summed E-state index contributed by atoms with van der Waals surface area (Å²) in [4.78, 5) is 86.0. The van der Waals surface area contributed by atoms with E-state index in [1.165, 1.54) is 46.9 Å². The highest BCUT2D eigenvalue weighted by Gasteiger charge is 2.78. The third-order valence-electron chi connectivity index (χ3n) is 12.7. The molecule has 1 unspecified atom stereocenters. The molecule has 11 atom stereocenters. The van der Waals surface area contributed by atoms with Gasteiger partial charge in [-0.25, -0.2) is 24.1 Å². The van der Waals surface area contributed by atoms with Crippen LogP contribution in [0.1, 0.15) is 99.4 Å². The minimum atomic E-state index is -2.42. The number of esters is 3. The predicted molar refractivity (Wildman–Crippen MR) is 219 cm³/mol. The lowest BCUT2D eigenvalue weighted by Crippen LogP contribution is -2.82. The van der Waals surface area contributed by atoms with E-state index in [-0.39, 0.29) is 29.7 Å². The normalized spacial score (nSPS) is 31.9. The molecule has 3 fully saturated rings. The van der Waals surface area contributed by atoms with E-state index in [2.05, 4.69) is 10.2 Å². The lowest BCUT2D eigenvalue weighted by atomic mass is 9.44. The number of hydrogen-bond donors (Lipinski definition) is 5. The van der Waals surface area contributed by atoms with E-state index in [0.29, 0.717) is 0 Å². The van der Waals surface area contributed by atoms with Crippen LogP contribution in [0.3, 0.4) is 0 Å². The van der Waals surface area contributed by atoms with Gasteiger partial charge < -0.3 is 53.8 Å². The third kappa shape index (κ3) is 9.59. The quantitative estimate of drug-likeness (QED) is 0.0816. The van der Waals surface area contributed by atoms with Crippen molar-refractivity contribution >= 4 is 35.9 Å². The van der Waals surface area contributed by atoms with E-state index in [0.717, 1.165) is 14.0 Å². The monoisotopic (exact) mass is 893 g/mol. The van der Waals surface area contributed by atoms with Crippen molar-refractivity contribution < 1.29 is 87.4 Å². The van der Waals surface area contributed by atoms with Crippen molar-refractivity contribution in [1.29, 1.82) is 0 Å². The zero-order chi connectivity index (χ0) is 47.8. The molecule has 0 radical (unpaired) electrons. The van der Waals surface area contributed by atoms with Gasteiger partial charge in [0.15, 0.2) is 23.6 Å². The first kappa shape index (κ1) is 51.0. The van der Waals surface area contributed by atoms with Gasteiger partial charge in [0.2, 0.25) is 0 Å². The van der Waals surface area contributed by atoms with E-state index in [1.54, 1.807) is 59.7 Å². The molecule has 63 heavy (non-hydrogen) atoms. The van der Waals surface area contributed by atoms with Gasteiger partial charge in [-0.05, 0) is 63.3 Å². The minimum Gasteiger partial charge on any atom is -0.456 e. The Labute approximate surface area is 366 Å². The van der Waals surface area contributed by atoms with Crippen LogP contribution in [0.2, 0.25) is 0 Å². The molecule has 1 aliphatic heterocycles. The number of aliphatic hydroxyl groups is 3. The molecule has 19 nitrogen and oxygen atoms in total. The molecule has 352 valence electrons. The van der Waals surface area contributed by atoms with Crippen LogP contribution in [0.15, 0.2) is 41.5 Å². The largest absolute Gasteiger partial charge is 0.508 e. The molecule has 2 saturated carbocycles. The maximum Gasteiger partial charge on any atom is 0.508 e. The maximum absolute atomic E-state index is 15.4. The standard InChI is InChI=1S/C43H59NO16.CH4O2/c1-21-24(57-35(50)28(47)31(38(3,4)5)44-36(51)59-39(6,7)8)19-43(53)33(58-34(49)23-16-14-13-15-17-23)30-41(11,32(48)29(56-22(2)45)27(21)40(43,9)10)25(46)18-26-42(30,20-55-26)60-37(52)54-12;1-3-2/h13-17,24-26,28-31,33,46-47,53H,18-20H2,1-12H3,(H,44,51);2H,1H3/t24-,25-,26+,28-,29+,30?,31-,33-,41+,42-,43+;/m0./s1.